The number of rotatable bonds is 6. The molecular weight excluding hydrogens is 272 g/mol. The zero-order valence-electron chi connectivity index (χ0n) is 11.6. The van der Waals surface area contributed by atoms with Crippen LogP contribution in [0.2, 0.25) is 0 Å². The second-order valence-corrected chi connectivity index (χ2v) is 4.51. The fraction of sp³-hybridized carbons (Fsp3) is 0.286. The largest absolute Gasteiger partial charge is 0.465 e. The van der Waals surface area contributed by atoms with Crippen molar-refractivity contribution in [1.82, 2.24) is 10.9 Å². The Hall–Kier alpha value is -2.70. The van der Waals surface area contributed by atoms with Crippen molar-refractivity contribution in [1.29, 1.82) is 0 Å². The molecule has 1 aromatic heterocycles. The van der Waals surface area contributed by atoms with Crippen molar-refractivity contribution in [2.75, 3.05) is 0 Å². The number of nitrogens with zero attached hydrogens (tertiary/aromatic N) is 2. The number of hydrogen-bond acceptors (Lipinski definition) is 5. The van der Waals surface area contributed by atoms with Crippen LogP contribution in [-0.2, 0) is 9.59 Å². The molecule has 0 unspecified atom stereocenters. The van der Waals surface area contributed by atoms with Gasteiger partial charge in [0.15, 0.2) is 0 Å². The molecule has 1 aromatic rings. The van der Waals surface area contributed by atoms with Crippen LogP contribution in [0.3, 0.4) is 0 Å². The summed E-state index contributed by atoms with van der Waals surface area (Å²) in [5.74, 6) is -0.0244. The Kier molecular flexibility index (Phi) is 5.03. The first-order chi connectivity index (χ1) is 10.2. The van der Waals surface area contributed by atoms with Crippen LogP contribution in [0.15, 0.2) is 39.1 Å². The zero-order valence-corrected chi connectivity index (χ0v) is 11.6. The minimum Gasteiger partial charge on any atom is -0.465 e. The SMILES string of the molecule is CC1=NNC(=O)[C@H]1CCC(=O)NN=C/C=C/c1ccco1. The Bertz CT molecular complexity index is 587. The van der Waals surface area contributed by atoms with Gasteiger partial charge in [-0.3, -0.25) is 9.59 Å². The molecule has 2 amide bonds. The number of nitrogens with one attached hydrogen (secondary N) is 2. The van der Waals surface area contributed by atoms with Crippen LogP contribution in [0.5, 0.6) is 0 Å². The monoisotopic (exact) mass is 288 g/mol. The molecule has 7 nitrogen and oxygen atoms in total. The van der Waals surface area contributed by atoms with Crippen LogP contribution < -0.4 is 10.9 Å². The molecule has 1 atom stereocenters. The fourth-order valence-electron chi connectivity index (χ4n) is 1.84. The smallest absolute Gasteiger partial charge is 0.248 e. The summed E-state index contributed by atoms with van der Waals surface area (Å²) in [6, 6.07) is 3.59. The summed E-state index contributed by atoms with van der Waals surface area (Å²) < 4.78 is 5.09. The Labute approximate surface area is 121 Å². The second kappa shape index (κ2) is 7.18. The molecule has 0 saturated heterocycles. The topological polar surface area (TPSA) is 96.1 Å². The quantitative estimate of drug-likeness (QED) is 0.610. The molecule has 2 rings (SSSR count). The summed E-state index contributed by atoms with van der Waals surface area (Å²) in [7, 11) is 0. The number of furan rings is 1. The number of carbonyl (C=O) groups excluding carboxylic acids is 2. The van der Waals surface area contributed by atoms with Crippen molar-refractivity contribution in [3.05, 3.63) is 30.2 Å². The molecule has 0 aromatic carbocycles. The predicted molar refractivity (Wildman–Crippen MR) is 78.4 cm³/mol. The number of carbonyl (C=O) groups is 2. The highest BCUT2D eigenvalue weighted by Gasteiger charge is 2.26. The highest BCUT2D eigenvalue weighted by molar-refractivity contribution is 6.07. The summed E-state index contributed by atoms with van der Waals surface area (Å²) in [5, 5.41) is 7.60. The molecule has 7 heteroatoms. The summed E-state index contributed by atoms with van der Waals surface area (Å²) in [4.78, 5) is 23.0. The molecular formula is C14H16N4O3. The molecule has 0 bridgehead atoms. The first kappa shape index (κ1) is 14.7. The third-order valence-electron chi connectivity index (χ3n) is 2.98. The lowest BCUT2D eigenvalue weighted by molar-refractivity contribution is -0.123. The van der Waals surface area contributed by atoms with Crippen LogP contribution in [0.4, 0.5) is 0 Å². The van der Waals surface area contributed by atoms with Crippen LogP contribution in [0.25, 0.3) is 6.08 Å². The number of allylic oxidation sites excluding steroid dienone is 1. The van der Waals surface area contributed by atoms with Gasteiger partial charge in [0.2, 0.25) is 11.8 Å². The minimum atomic E-state index is -0.321. The van der Waals surface area contributed by atoms with Crippen molar-refractivity contribution in [2.45, 2.75) is 19.8 Å². The highest BCUT2D eigenvalue weighted by Crippen LogP contribution is 2.13. The molecule has 0 aliphatic carbocycles. The molecule has 0 fully saturated rings. The molecule has 2 N–H and O–H groups in total. The van der Waals surface area contributed by atoms with Crippen LogP contribution in [0.1, 0.15) is 25.5 Å². The second-order valence-electron chi connectivity index (χ2n) is 4.51. The van der Waals surface area contributed by atoms with E-state index in [-0.39, 0.29) is 24.2 Å². The van der Waals surface area contributed by atoms with Gasteiger partial charge in [-0.15, -0.1) is 0 Å². The summed E-state index contributed by atoms with van der Waals surface area (Å²) in [6.45, 7) is 1.76. The maximum absolute atomic E-state index is 11.6. The molecule has 2 heterocycles. The zero-order chi connectivity index (χ0) is 15.1. The van der Waals surface area contributed by atoms with Gasteiger partial charge in [0, 0.05) is 18.3 Å². The van der Waals surface area contributed by atoms with Crippen molar-refractivity contribution in [3.63, 3.8) is 0 Å². The Balaban J connectivity index is 1.68. The maximum Gasteiger partial charge on any atom is 0.248 e. The molecule has 1 aliphatic heterocycles. The van der Waals surface area contributed by atoms with Crippen LogP contribution >= 0.6 is 0 Å². The van der Waals surface area contributed by atoms with Crippen LogP contribution in [0, 0.1) is 5.92 Å². The average molecular weight is 288 g/mol. The summed E-state index contributed by atoms with van der Waals surface area (Å²) in [6.07, 6.45) is 7.03. The van der Waals surface area contributed by atoms with Gasteiger partial charge >= 0.3 is 0 Å². The predicted octanol–water partition coefficient (Wildman–Crippen LogP) is 1.30. The van der Waals surface area contributed by atoms with Gasteiger partial charge in [-0.2, -0.15) is 10.2 Å². The lowest BCUT2D eigenvalue weighted by Crippen LogP contribution is -2.25. The molecule has 21 heavy (non-hydrogen) atoms. The third-order valence-corrected chi connectivity index (χ3v) is 2.98. The van der Waals surface area contributed by atoms with E-state index in [0.717, 1.165) is 0 Å². The standard InChI is InChI=1S/C14H16N4O3/c1-10-12(14(20)18-16-10)6-7-13(19)17-15-8-2-4-11-5-3-9-21-11/h2-5,8-9,12H,6-7H2,1H3,(H,17,19)(H,18,20)/b4-2+,15-8?/t12-/m0/s1. The van der Waals surface area contributed by atoms with Crippen molar-refractivity contribution in [3.8, 4) is 0 Å². The molecule has 1 aliphatic rings. The fourth-order valence-corrected chi connectivity index (χ4v) is 1.84. The number of hydrogen-bond donors (Lipinski definition) is 2. The van der Waals surface area contributed by atoms with Crippen molar-refractivity contribution in [2.24, 2.45) is 16.1 Å². The van der Waals surface area contributed by atoms with E-state index in [9.17, 15) is 9.59 Å². The van der Waals surface area contributed by atoms with Gasteiger partial charge in [0.1, 0.15) is 5.76 Å². The highest BCUT2D eigenvalue weighted by atomic mass is 16.3. The number of amides is 2. The van der Waals surface area contributed by atoms with E-state index in [4.69, 9.17) is 4.42 Å². The first-order valence-electron chi connectivity index (χ1n) is 6.53. The van der Waals surface area contributed by atoms with Gasteiger partial charge in [-0.1, -0.05) is 0 Å². The molecule has 0 radical (unpaired) electrons. The van der Waals surface area contributed by atoms with Crippen LogP contribution in [-0.4, -0.2) is 23.7 Å². The van der Waals surface area contributed by atoms with E-state index in [1.165, 1.54) is 6.21 Å². The first-order valence-corrected chi connectivity index (χ1v) is 6.53. The summed E-state index contributed by atoms with van der Waals surface area (Å²) >= 11 is 0. The minimum absolute atomic E-state index is 0.162. The van der Waals surface area contributed by atoms with E-state index < -0.39 is 0 Å². The molecule has 0 spiro atoms. The third kappa shape index (κ3) is 4.41. The van der Waals surface area contributed by atoms with E-state index in [1.54, 1.807) is 37.5 Å². The lowest BCUT2D eigenvalue weighted by atomic mass is 9.99. The average Bonchev–Trinajstić information content (AvgIpc) is 3.08. The Morgan fingerprint density at radius 1 is 1.62 bits per heavy atom. The lowest BCUT2D eigenvalue weighted by Gasteiger charge is -2.05. The van der Waals surface area contributed by atoms with E-state index in [1.807, 2.05) is 0 Å². The Morgan fingerprint density at radius 3 is 3.14 bits per heavy atom. The van der Waals surface area contributed by atoms with Gasteiger partial charge in [0.25, 0.3) is 0 Å². The maximum atomic E-state index is 11.6. The van der Waals surface area contributed by atoms with E-state index in [0.29, 0.717) is 17.9 Å². The number of hydrazone groups is 2. The van der Waals surface area contributed by atoms with Gasteiger partial charge in [-0.25, -0.2) is 10.9 Å². The molecule has 0 saturated carbocycles. The van der Waals surface area contributed by atoms with E-state index in [2.05, 4.69) is 21.1 Å². The van der Waals surface area contributed by atoms with Gasteiger partial charge in [-0.05, 0) is 37.6 Å². The van der Waals surface area contributed by atoms with Crippen molar-refractivity contribution >= 4 is 29.8 Å². The van der Waals surface area contributed by atoms with Crippen molar-refractivity contribution < 1.29 is 14.0 Å². The summed E-state index contributed by atoms with van der Waals surface area (Å²) in [5.41, 5.74) is 5.49. The van der Waals surface area contributed by atoms with Gasteiger partial charge in [0.05, 0.1) is 12.2 Å². The normalized spacial score (nSPS) is 18.2. The molecule has 110 valence electrons. The van der Waals surface area contributed by atoms with Gasteiger partial charge < -0.3 is 4.42 Å². The van der Waals surface area contributed by atoms with E-state index >= 15 is 0 Å². The Morgan fingerprint density at radius 2 is 2.48 bits per heavy atom.